The van der Waals surface area contributed by atoms with Crippen molar-refractivity contribution < 1.29 is 23.5 Å². The van der Waals surface area contributed by atoms with Gasteiger partial charge in [-0.05, 0) is 61.4 Å². The van der Waals surface area contributed by atoms with Gasteiger partial charge in [0.2, 0.25) is 5.91 Å². The van der Waals surface area contributed by atoms with Gasteiger partial charge in [-0.3, -0.25) is 9.59 Å². The number of amides is 1. The molecule has 2 aliphatic heterocycles. The highest BCUT2D eigenvalue weighted by Gasteiger charge is 2.41. The number of carboxylic acid groups (broad SMARTS) is 1. The van der Waals surface area contributed by atoms with Crippen LogP contribution in [-0.4, -0.2) is 40.0 Å². The van der Waals surface area contributed by atoms with E-state index < -0.39 is 23.6 Å². The Kier molecular flexibility index (Phi) is 6.67. The molecule has 2 N–H and O–H groups in total. The van der Waals surface area contributed by atoms with Crippen molar-refractivity contribution in [2.45, 2.75) is 51.0 Å². The van der Waals surface area contributed by atoms with Crippen molar-refractivity contribution in [3.8, 4) is 0 Å². The topological polar surface area (TPSA) is 82.5 Å². The quantitative estimate of drug-likeness (QED) is 0.450. The summed E-state index contributed by atoms with van der Waals surface area (Å²) in [6, 6.07) is 6.69. The molecule has 170 valence electrons. The molecule has 1 aromatic heterocycles. The van der Waals surface area contributed by atoms with E-state index in [1.165, 1.54) is 16.5 Å². The van der Waals surface area contributed by atoms with Crippen LogP contribution in [0.4, 0.5) is 14.6 Å². The number of aromatic nitrogens is 1. The lowest BCUT2D eigenvalue weighted by molar-refractivity contribution is -0.154. The van der Waals surface area contributed by atoms with E-state index in [2.05, 4.69) is 22.4 Å². The first kappa shape index (κ1) is 22.2. The number of hydrogen-bond acceptors (Lipinski definition) is 4. The van der Waals surface area contributed by atoms with Gasteiger partial charge in [0, 0.05) is 18.8 Å². The van der Waals surface area contributed by atoms with Crippen LogP contribution in [0.15, 0.2) is 30.3 Å². The summed E-state index contributed by atoms with van der Waals surface area (Å²) >= 11 is 0. The first-order valence-electron chi connectivity index (χ1n) is 11.1. The number of fused-ring (bicyclic) bond motifs is 1. The molecule has 1 fully saturated rings. The lowest BCUT2D eigenvalue weighted by Crippen LogP contribution is -2.54. The minimum absolute atomic E-state index is 0.128. The number of aliphatic carboxylic acids is 1. The summed E-state index contributed by atoms with van der Waals surface area (Å²) in [4.78, 5) is 30.1. The van der Waals surface area contributed by atoms with Gasteiger partial charge in [0.25, 0.3) is 0 Å². The van der Waals surface area contributed by atoms with Crippen LogP contribution in [-0.2, 0) is 22.4 Å². The van der Waals surface area contributed by atoms with Crippen molar-refractivity contribution in [3.63, 3.8) is 0 Å². The zero-order valence-electron chi connectivity index (χ0n) is 17.8. The fourth-order valence-corrected chi connectivity index (χ4v) is 4.52. The number of rotatable bonds is 9. The van der Waals surface area contributed by atoms with Crippen LogP contribution >= 0.6 is 0 Å². The maximum atomic E-state index is 13.6. The highest BCUT2D eigenvalue weighted by Crippen LogP contribution is 2.35. The Balaban J connectivity index is 1.28. The highest BCUT2D eigenvalue weighted by molar-refractivity contribution is 5.85. The van der Waals surface area contributed by atoms with Gasteiger partial charge in [-0.25, -0.2) is 13.8 Å². The maximum absolute atomic E-state index is 13.6. The van der Waals surface area contributed by atoms with E-state index in [4.69, 9.17) is 0 Å². The largest absolute Gasteiger partial charge is 0.481 e. The summed E-state index contributed by atoms with van der Waals surface area (Å²) in [6.07, 6.45) is 5.18. The molecule has 32 heavy (non-hydrogen) atoms. The van der Waals surface area contributed by atoms with Crippen LogP contribution in [0, 0.1) is 17.6 Å². The molecule has 8 heteroatoms. The summed E-state index contributed by atoms with van der Waals surface area (Å²) in [5.41, 5.74) is 2.60. The van der Waals surface area contributed by atoms with E-state index in [9.17, 15) is 23.5 Å². The molecule has 1 saturated heterocycles. The molecule has 0 radical (unpaired) electrons. The van der Waals surface area contributed by atoms with E-state index in [0.29, 0.717) is 12.1 Å². The second kappa shape index (κ2) is 9.63. The summed E-state index contributed by atoms with van der Waals surface area (Å²) in [7, 11) is 0. The molecule has 2 aromatic rings. The fraction of sp³-hybridized carbons (Fsp3) is 0.458. The molecule has 0 bridgehead atoms. The van der Waals surface area contributed by atoms with Crippen LogP contribution in [0.25, 0.3) is 0 Å². The normalized spacial score (nSPS) is 18.5. The molecule has 1 aromatic carbocycles. The van der Waals surface area contributed by atoms with Crippen molar-refractivity contribution in [2.75, 3.05) is 18.4 Å². The molecule has 3 heterocycles. The van der Waals surface area contributed by atoms with Gasteiger partial charge in [0.05, 0.1) is 18.4 Å². The number of nitrogens with zero attached hydrogens (tertiary/aromatic N) is 2. The van der Waals surface area contributed by atoms with Crippen molar-refractivity contribution >= 4 is 17.7 Å². The Morgan fingerprint density at radius 3 is 2.81 bits per heavy atom. The molecular formula is C24H27F2N3O3. The number of unbranched alkanes of at least 4 members (excludes halogenated alkanes) is 1. The SMILES string of the molecule is O=C(O)C[C@@H](c1ccc(F)c(F)c1)N1CC(CCCCc2ccc3c(n2)NCCC3)C1=O. The van der Waals surface area contributed by atoms with Crippen LogP contribution in [0.3, 0.4) is 0 Å². The predicted molar refractivity (Wildman–Crippen MR) is 115 cm³/mol. The molecule has 2 aliphatic rings. The summed E-state index contributed by atoms with van der Waals surface area (Å²) < 4.78 is 26.9. The molecule has 2 atom stereocenters. The zero-order valence-corrected chi connectivity index (χ0v) is 17.8. The number of aryl methyl sites for hydroxylation is 2. The second-order valence-corrected chi connectivity index (χ2v) is 8.56. The third-order valence-corrected chi connectivity index (χ3v) is 6.31. The third-order valence-electron chi connectivity index (χ3n) is 6.31. The van der Waals surface area contributed by atoms with Gasteiger partial charge in [-0.15, -0.1) is 0 Å². The van der Waals surface area contributed by atoms with Crippen LogP contribution in [0.5, 0.6) is 0 Å². The molecule has 1 unspecified atom stereocenters. The number of pyridine rings is 1. The minimum Gasteiger partial charge on any atom is -0.481 e. The van der Waals surface area contributed by atoms with Crippen LogP contribution in [0.1, 0.15) is 55.0 Å². The number of likely N-dealkylation sites (tertiary alicyclic amines) is 1. The summed E-state index contributed by atoms with van der Waals surface area (Å²) in [5.74, 6) is -2.44. The van der Waals surface area contributed by atoms with E-state index in [0.717, 1.165) is 68.7 Å². The average Bonchev–Trinajstić information content (AvgIpc) is 2.78. The highest BCUT2D eigenvalue weighted by atomic mass is 19.2. The Hall–Kier alpha value is -3.03. The Morgan fingerprint density at radius 2 is 2.06 bits per heavy atom. The van der Waals surface area contributed by atoms with Crippen molar-refractivity contribution in [3.05, 3.63) is 58.8 Å². The first-order valence-corrected chi connectivity index (χ1v) is 11.1. The zero-order chi connectivity index (χ0) is 22.7. The molecule has 0 spiro atoms. The number of nitrogens with one attached hydrogen (secondary N) is 1. The lowest BCUT2D eigenvalue weighted by Gasteiger charge is -2.43. The number of benzene rings is 1. The molecule has 0 saturated carbocycles. The Labute approximate surface area is 185 Å². The van der Waals surface area contributed by atoms with Crippen molar-refractivity contribution in [1.82, 2.24) is 9.88 Å². The first-order chi connectivity index (χ1) is 15.4. The Bertz CT molecular complexity index is 1010. The van der Waals surface area contributed by atoms with Crippen LogP contribution in [0.2, 0.25) is 0 Å². The average molecular weight is 443 g/mol. The van der Waals surface area contributed by atoms with Crippen molar-refractivity contribution in [2.24, 2.45) is 5.92 Å². The van der Waals surface area contributed by atoms with Gasteiger partial charge >= 0.3 is 5.97 Å². The summed E-state index contributed by atoms with van der Waals surface area (Å²) in [6.45, 7) is 1.38. The fourth-order valence-electron chi connectivity index (χ4n) is 4.52. The van der Waals surface area contributed by atoms with E-state index >= 15 is 0 Å². The van der Waals surface area contributed by atoms with Crippen molar-refractivity contribution in [1.29, 1.82) is 0 Å². The van der Waals surface area contributed by atoms with Gasteiger partial charge in [0.15, 0.2) is 11.6 Å². The summed E-state index contributed by atoms with van der Waals surface area (Å²) in [5, 5.41) is 12.6. The third kappa shape index (κ3) is 4.89. The predicted octanol–water partition coefficient (Wildman–Crippen LogP) is 4.11. The molecule has 6 nitrogen and oxygen atoms in total. The number of anilines is 1. The molecule has 4 rings (SSSR count). The number of β-lactam (4-membered cyclic amide) rings is 1. The lowest BCUT2D eigenvalue weighted by atomic mass is 9.88. The van der Waals surface area contributed by atoms with Crippen LogP contribution < -0.4 is 5.32 Å². The smallest absolute Gasteiger partial charge is 0.305 e. The standard InChI is InChI=1S/C24H27F2N3O3/c25-19-10-8-16(12-20(19)26)21(13-22(30)31)29-14-17(24(29)32)4-1-2-6-18-9-7-15-5-3-11-27-23(15)28-18/h7-10,12,17,21H,1-6,11,13-14H2,(H,27,28)(H,30,31)/t17?,21-/m0/s1. The molecule has 1 amide bonds. The molecular weight excluding hydrogens is 416 g/mol. The maximum Gasteiger partial charge on any atom is 0.305 e. The minimum atomic E-state index is -1.09. The van der Waals surface area contributed by atoms with E-state index in [1.807, 2.05) is 0 Å². The van der Waals surface area contributed by atoms with Gasteiger partial charge in [0.1, 0.15) is 5.82 Å². The number of carbonyl (C=O) groups is 2. The number of hydrogen-bond donors (Lipinski definition) is 2. The monoisotopic (exact) mass is 443 g/mol. The van der Waals surface area contributed by atoms with Gasteiger partial charge < -0.3 is 15.3 Å². The van der Waals surface area contributed by atoms with Gasteiger partial charge in [-0.1, -0.05) is 18.6 Å². The molecule has 0 aliphatic carbocycles. The number of halogens is 2. The van der Waals surface area contributed by atoms with E-state index in [-0.39, 0.29) is 18.2 Å². The Morgan fingerprint density at radius 1 is 1.22 bits per heavy atom. The number of carboxylic acids is 1. The second-order valence-electron chi connectivity index (χ2n) is 8.56. The van der Waals surface area contributed by atoms with E-state index in [1.54, 1.807) is 0 Å². The van der Waals surface area contributed by atoms with Gasteiger partial charge in [-0.2, -0.15) is 0 Å². The number of carbonyl (C=O) groups excluding carboxylic acids is 1.